The van der Waals surface area contributed by atoms with Crippen LogP contribution in [0.2, 0.25) is 0 Å². The average Bonchev–Trinajstić information content (AvgIpc) is 2.75. The Morgan fingerprint density at radius 2 is 2.38 bits per heavy atom. The van der Waals surface area contributed by atoms with E-state index in [0.29, 0.717) is 0 Å². The molecular weight excluding hydrogens is 222 g/mol. The summed E-state index contributed by atoms with van der Waals surface area (Å²) < 4.78 is 5.45. The largest absolute Gasteiger partial charge is 0.377 e. The van der Waals surface area contributed by atoms with E-state index in [1.54, 1.807) is 17.7 Å². The van der Waals surface area contributed by atoms with Crippen molar-refractivity contribution in [2.75, 3.05) is 18.5 Å². The van der Waals surface area contributed by atoms with Crippen LogP contribution in [0.15, 0.2) is 17.8 Å². The molecular formula is C11H15N3OS. The van der Waals surface area contributed by atoms with E-state index < -0.39 is 0 Å². The minimum absolute atomic E-state index is 0.189. The maximum Gasteiger partial charge on any atom is 0.138 e. The minimum atomic E-state index is 0.189. The van der Waals surface area contributed by atoms with Gasteiger partial charge in [-0.15, -0.1) is 11.3 Å². The number of fused-ring (bicyclic) bond motifs is 1. The highest BCUT2D eigenvalue weighted by atomic mass is 32.1. The number of hydrogen-bond donors (Lipinski definition) is 1. The van der Waals surface area contributed by atoms with Gasteiger partial charge in [0.2, 0.25) is 0 Å². The number of rotatable bonds is 5. The molecule has 0 saturated carbocycles. The van der Waals surface area contributed by atoms with Crippen LogP contribution in [0.4, 0.5) is 5.82 Å². The Kier molecular flexibility index (Phi) is 3.69. The molecule has 1 unspecified atom stereocenters. The van der Waals surface area contributed by atoms with Gasteiger partial charge in [0.05, 0.1) is 11.5 Å². The van der Waals surface area contributed by atoms with Crippen molar-refractivity contribution in [2.45, 2.75) is 20.0 Å². The number of hydrogen-bond acceptors (Lipinski definition) is 5. The van der Waals surface area contributed by atoms with E-state index >= 15 is 0 Å². The van der Waals surface area contributed by atoms with Gasteiger partial charge in [-0.2, -0.15) is 0 Å². The van der Waals surface area contributed by atoms with E-state index in [4.69, 9.17) is 4.74 Å². The highest BCUT2D eigenvalue weighted by Gasteiger charge is 2.06. The Hall–Kier alpha value is -1.20. The first-order chi connectivity index (χ1) is 7.81. The maximum atomic E-state index is 5.45. The van der Waals surface area contributed by atoms with Crippen molar-refractivity contribution in [3.05, 3.63) is 17.8 Å². The molecule has 0 aliphatic carbocycles. The Bertz CT molecular complexity index is 457. The standard InChI is InChI=1S/C11H15N3OS/c1-3-15-8(2)6-12-10-9-4-5-16-11(9)14-7-13-10/h4-5,7-8H,3,6H2,1-2H3,(H,12,13,14). The topological polar surface area (TPSA) is 47.0 Å². The van der Waals surface area contributed by atoms with Crippen LogP contribution < -0.4 is 5.32 Å². The number of nitrogens with zero attached hydrogens (tertiary/aromatic N) is 2. The second-order valence-corrected chi connectivity index (χ2v) is 4.40. The van der Waals surface area contributed by atoms with Crippen LogP contribution in [0.25, 0.3) is 10.2 Å². The van der Waals surface area contributed by atoms with Gasteiger partial charge in [-0.3, -0.25) is 0 Å². The zero-order valence-corrected chi connectivity index (χ0v) is 10.3. The molecule has 2 heterocycles. The summed E-state index contributed by atoms with van der Waals surface area (Å²) in [4.78, 5) is 9.46. The van der Waals surface area contributed by atoms with Crippen molar-refractivity contribution in [1.82, 2.24) is 9.97 Å². The highest BCUT2D eigenvalue weighted by molar-refractivity contribution is 7.16. The monoisotopic (exact) mass is 237 g/mol. The van der Waals surface area contributed by atoms with Gasteiger partial charge < -0.3 is 10.1 Å². The third-order valence-electron chi connectivity index (χ3n) is 2.27. The summed E-state index contributed by atoms with van der Waals surface area (Å²) in [6, 6.07) is 2.04. The summed E-state index contributed by atoms with van der Waals surface area (Å²) in [5.74, 6) is 0.887. The Balaban J connectivity index is 2.06. The molecule has 0 aliphatic heterocycles. The molecule has 0 radical (unpaired) electrons. The van der Waals surface area contributed by atoms with E-state index in [0.717, 1.165) is 29.2 Å². The molecule has 1 N–H and O–H groups in total. The molecule has 0 aromatic carbocycles. The number of ether oxygens (including phenoxy) is 1. The summed E-state index contributed by atoms with van der Waals surface area (Å²) in [5.41, 5.74) is 0. The molecule has 5 heteroatoms. The number of aromatic nitrogens is 2. The maximum absolute atomic E-state index is 5.45. The zero-order chi connectivity index (χ0) is 11.4. The van der Waals surface area contributed by atoms with E-state index in [2.05, 4.69) is 15.3 Å². The molecule has 4 nitrogen and oxygen atoms in total. The third-order valence-corrected chi connectivity index (χ3v) is 3.09. The molecule has 0 amide bonds. The molecule has 2 rings (SSSR count). The Morgan fingerprint density at radius 3 is 3.19 bits per heavy atom. The van der Waals surface area contributed by atoms with Gasteiger partial charge >= 0.3 is 0 Å². The van der Waals surface area contributed by atoms with Crippen LogP contribution >= 0.6 is 11.3 Å². The van der Waals surface area contributed by atoms with Crippen molar-refractivity contribution in [2.24, 2.45) is 0 Å². The molecule has 0 aliphatic rings. The van der Waals surface area contributed by atoms with Crippen LogP contribution in [0.3, 0.4) is 0 Å². The van der Waals surface area contributed by atoms with Crippen LogP contribution in [0.1, 0.15) is 13.8 Å². The summed E-state index contributed by atoms with van der Waals surface area (Å²) in [6.07, 6.45) is 1.78. The molecule has 2 aromatic heterocycles. The van der Waals surface area contributed by atoms with E-state index in [9.17, 15) is 0 Å². The molecule has 0 spiro atoms. The molecule has 2 aromatic rings. The third kappa shape index (κ3) is 2.48. The summed E-state index contributed by atoms with van der Waals surface area (Å²) >= 11 is 1.62. The number of nitrogens with one attached hydrogen (secondary N) is 1. The average molecular weight is 237 g/mol. The fourth-order valence-electron chi connectivity index (χ4n) is 1.51. The van der Waals surface area contributed by atoms with Gasteiger partial charge in [-0.05, 0) is 25.3 Å². The quantitative estimate of drug-likeness (QED) is 0.868. The Labute approximate surface area is 98.7 Å². The van der Waals surface area contributed by atoms with Crippen LogP contribution in [-0.2, 0) is 4.74 Å². The van der Waals surface area contributed by atoms with Gasteiger partial charge in [0.25, 0.3) is 0 Å². The van der Waals surface area contributed by atoms with Crippen LogP contribution in [0, 0.1) is 0 Å². The van der Waals surface area contributed by atoms with Crippen LogP contribution in [0.5, 0.6) is 0 Å². The summed E-state index contributed by atoms with van der Waals surface area (Å²) in [6.45, 7) is 5.54. The number of thiophene rings is 1. The lowest BCUT2D eigenvalue weighted by atomic mass is 10.3. The lowest BCUT2D eigenvalue weighted by Gasteiger charge is -2.13. The van der Waals surface area contributed by atoms with Gasteiger partial charge in [0.1, 0.15) is 17.0 Å². The van der Waals surface area contributed by atoms with Gasteiger partial charge in [-0.1, -0.05) is 0 Å². The van der Waals surface area contributed by atoms with Crippen molar-refractivity contribution < 1.29 is 4.74 Å². The van der Waals surface area contributed by atoms with Gasteiger partial charge in [0, 0.05) is 13.2 Å². The molecule has 0 saturated heterocycles. The fraction of sp³-hybridized carbons (Fsp3) is 0.455. The molecule has 16 heavy (non-hydrogen) atoms. The van der Waals surface area contributed by atoms with Crippen LogP contribution in [-0.4, -0.2) is 29.2 Å². The lowest BCUT2D eigenvalue weighted by Crippen LogP contribution is -2.20. The SMILES string of the molecule is CCOC(C)CNc1ncnc2sccc12. The predicted octanol–water partition coefficient (Wildman–Crippen LogP) is 2.53. The second-order valence-electron chi connectivity index (χ2n) is 3.51. The fourth-order valence-corrected chi connectivity index (χ4v) is 2.25. The van der Waals surface area contributed by atoms with Gasteiger partial charge in [0.15, 0.2) is 0 Å². The highest BCUT2D eigenvalue weighted by Crippen LogP contribution is 2.23. The first kappa shape index (κ1) is 11.3. The van der Waals surface area contributed by atoms with E-state index in [1.165, 1.54) is 0 Å². The van der Waals surface area contributed by atoms with Crippen molar-refractivity contribution in [3.63, 3.8) is 0 Å². The summed E-state index contributed by atoms with van der Waals surface area (Å²) in [5, 5.41) is 6.39. The first-order valence-corrected chi connectivity index (χ1v) is 6.23. The Morgan fingerprint density at radius 1 is 1.50 bits per heavy atom. The molecule has 0 bridgehead atoms. The number of anilines is 1. The zero-order valence-electron chi connectivity index (χ0n) is 9.43. The van der Waals surface area contributed by atoms with Crippen molar-refractivity contribution in [1.29, 1.82) is 0 Å². The normalized spacial score (nSPS) is 12.9. The minimum Gasteiger partial charge on any atom is -0.377 e. The van der Waals surface area contributed by atoms with Crippen molar-refractivity contribution >= 4 is 27.4 Å². The second kappa shape index (κ2) is 5.23. The first-order valence-electron chi connectivity index (χ1n) is 5.35. The smallest absolute Gasteiger partial charge is 0.138 e. The van der Waals surface area contributed by atoms with Crippen molar-refractivity contribution in [3.8, 4) is 0 Å². The van der Waals surface area contributed by atoms with E-state index in [-0.39, 0.29) is 6.10 Å². The molecule has 1 atom stereocenters. The van der Waals surface area contributed by atoms with E-state index in [1.807, 2.05) is 25.3 Å². The molecule has 0 fully saturated rings. The molecule has 86 valence electrons. The predicted molar refractivity (Wildman–Crippen MR) is 67.0 cm³/mol. The lowest BCUT2D eigenvalue weighted by molar-refractivity contribution is 0.0855. The van der Waals surface area contributed by atoms with Gasteiger partial charge in [-0.25, -0.2) is 9.97 Å². The summed E-state index contributed by atoms with van der Waals surface area (Å²) in [7, 11) is 0.